The minimum atomic E-state index is -0.865. The second-order valence-corrected chi connectivity index (χ2v) is 7.41. The number of carboxylic acids is 1. The molecule has 0 bridgehead atoms. The van der Waals surface area contributed by atoms with E-state index in [4.69, 9.17) is 5.11 Å². The summed E-state index contributed by atoms with van der Waals surface area (Å²) in [6, 6.07) is 0. The van der Waals surface area contributed by atoms with Gasteiger partial charge in [0.05, 0.1) is 11.5 Å². The zero-order chi connectivity index (χ0) is 12.9. The molecular weight excluding hydrogens is 258 g/mol. The van der Waals surface area contributed by atoms with Crippen molar-refractivity contribution in [1.82, 2.24) is 4.90 Å². The van der Waals surface area contributed by atoms with Crippen LogP contribution in [-0.2, 0) is 9.59 Å². The minimum Gasteiger partial charge on any atom is -0.481 e. The third-order valence-electron chi connectivity index (χ3n) is 2.64. The van der Waals surface area contributed by atoms with Crippen LogP contribution in [-0.4, -0.2) is 57.0 Å². The molecule has 4 nitrogen and oxygen atoms in total. The number of aliphatic carboxylic acids is 1. The number of hydrogen-bond acceptors (Lipinski definition) is 4. The Morgan fingerprint density at radius 2 is 2.06 bits per heavy atom. The van der Waals surface area contributed by atoms with Crippen molar-refractivity contribution in [2.24, 2.45) is 0 Å². The number of nitrogens with zero attached hydrogens (tertiary/aromatic N) is 1. The first kappa shape index (κ1) is 14.7. The summed E-state index contributed by atoms with van der Waals surface area (Å²) in [5.74, 6) is 0.435. The van der Waals surface area contributed by atoms with Crippen LogP contribution in [0.1, 0.15) is 20.3 Å². The van der Waals surface area contributed by atoms with Gasteiger partial charge in [0, 0.05) is 23.6 Å². The van der Waals surface area contributed by atoms with E-state index in [9.17, 15) is 9.59 Å². The van der Waals surface area contributed by atoms with Crippen molar-refractivity contribution < 1.29 is 14.7 Å². The molecule has 0 atom stereocenters. The van der Waals surface area contributed by atoms with Gasteiger partial charge in [0.2, 0.25) is 5.91 Å². The van der Waals surface area contributed by atoms with Crippen LogP contribution >= 0.6 is 23.5 Å². The number of rotatable bonds is 4. The first-order chi connectivity index (χ1) is 7.91. The van der Waals surface area contributed by atoms with Gasteiger partial charge in [0.15, 0.2) is 0 Å². The summed E-state index contributed by atoms with van der Waals surface area (Å²) in [6.45, 7) is 5.96. The van der Waals surface area contributed by atoms with E-state index in [1.165, 1.54) is 11.8 Å². The van der Waals surface area contributed by atoms with E-state index in [1.807, 2.05) is 16.7 Å². The Hall–Kier alpha value is -0.360. The summed E-state index contributed by atoms with van der Waals surface area (Å²) >= 11 is 3.07. The molecule has 1 fully saturated rings. The molecule has 1 saturated heterocycles. The van der Waals surface area contributed by atoms with Crippen LogP contribution in [0.3, 0.4) is 0 Å². The molecule has 0 aromatic heterocycles. The predicted octanol–water partition coefficient (Wildman–Crippen LogP) is 1.55. The zero-order valence-corrected chi connectivity index (χ0v) is 11.9. The van der Waals surface area contributed by atoms with E-state index in [0.29, 0.717) is 0 Å². The highest BCUT2D eigenvalue weighted by Gasteiger charge is 2.25. The number of amides is 1. The Bertz CT molecular complexity index is 294. The lowest BCUT2D eigenvalue weighted by atomic mass is 10.1. The highest BCUT2D eigenvalue weighted by Crippen LogP contribution is 2.30. The van der Waals surface area contributed by atoms with Gasteiger partial charge in [0.1, 0.15) is 0 Å². The molecule has 1 aliphatic rings. The molecule has 0 aromatic rings. The maximum absolute atomic E-state index is 11.8. The number of carboxylic acid groups (broad SMARTS) is 1. The van der Waals surface area contributed by atoms with Crippen LogP contribution in [0.5, 0.6) is 0 Å². The van der Waals surface area contributed by atoms with Crippen molar-refractivity contribution in [3.8, 4) is 0 Å². The average molecular weight is 277 g/mol. The van der Waals surface area contributed by atoms with Gasteiger partial charge in [-0.05, 0) is 6.42 Å². The SMILES string of the molecule is CC1(C)CCN(C(=O)CSCC(=O)O)CCS1. The largest absolute Gasteiger partial charge is 0.481 e. The summed E-state index contributed by atoms with van der Waals surface area (Å²) < 4.78 is 0.239. The van der Waals surface area contributed by atoms with E-state index in [0.717, 1.165) is 25.3 Å². The Kier molecular flexibility index (Phi) is 5.66. The molecule has 1 rings (SSSR count). The molecule has 1 heterocycles. The van der Waals surface area contributed by atoms with Crippen molar-refractivity contribution >= 4 is 35.4 Å². The van der Waals surface area contributed by atoms with Crippen LogP contribution in [0.25, 0.3) is 0 Å². The second-order valence-electron chi connectivity index (χ2n) is 4.63. The summed E-state index contributed by atoms with van der Waals surface area (Å²) in [6.07, 6.45) is 0.993. The van der Waals surface area contributed by atoms with Gasteiger partial charge in [-0.2, -0.15) is 11.8 Å². The van der Waals surface area contributed by atoms with E-state index < -0.39 is 5.97 Å². The molecule has 17 heavy (non-hydrogen) atoms. The average Bonchev–Trinajstić information content (AvgIpc) is 2.38. The van der Waals surface area contributed by atoms with Gasteiger partial charge in [0.25, 0.3) is 0 Å². The lowest BCUT2D eigenvalue weighted by molar-refractivity contribution is -0.133. The van der Waals surface area contributed by atoms with E-state index in [-0.39, 0.29) is 22.2 Å². The Labute approximate surface area is 111 Å². The Morgan fingerprint density at radius 3 is 2.71 bits per heavy atom. The summed E-state index contributed by atoms with van der Waals surface area (Å²) in [5, 5.41) is 8.50. The van der Waals surface area contributed by atoms with Crippen LogP contribution < -0.4 is 0 Å². The monoisotopic (exact) mass is 277 g/mol. The fraction of sp³-hybridized carbons (Fsp3) is 0.818. The zero-order valence-electron chi connectivity index (χ0n) is 10.3. The molecule has 1 amide bonds. The Balaban J connectivity index is 2.34. The van der Waals surface area contributed by atoms with E-state index in [1.54, 1.807) is 0 Å². The molecular formula is C11H19NO3S2. The van der Waals surface area contributed by atoms with Gasteiger partial charge < -0.3 is 10.0 Å². The van der Waals surface area contributed by atoms with Gasteiger partial charge in [-0.3, -0.25) is 9.59 Å². The maximum Gasteiger partial charge on any atom is 0.313 e. The van der Waals surface area contributed by atoms with Crippen molar-refractivity contribution in [2.45, 2.75) is 25.0 Å². The van der Waals surface area contributed by atoms with Crippen molar-refractivity contribution in [1.29, 1.82) is 0 Å². The van der Waals surface area contributed by atoms with Gasteiger partial charge in [-0.25, -0.2) is 0 Å². The van der Waals surface area contributed by atoms with Crippen LogP contribution in [0.2, 0.25) is 0 Å². The fourth-order valence-electron chi connectivity index (χ4n) is 1.59. The smallest absolute Gasteiger partial charge is 0.313 e. The molecule has 98 valence electrons. The molecule has 1 N–H and O–H groups in total. The normalized spacial score (nSPS) is 19.8. The van der Waals surface area contributed by atoms with E-state index >= 15 is 0 Å². The highest BCUT2D eigenvalue weighted by atomic mass is 32.2. The third-order valence-corrected chi connectivity index (χ3v) is 4.92. The fourth-order valence-corrected chi connectivity index (χ4v) is 3.32. The van der Waals surface area contributed by atoms with Gasteiger partial charge in [-0.15, -0.1) is 11.8 Å². The first-order valence-corrected chi connectivity index (χ1v) is 7.76. The summed E-state index contributed by atoms with van der Waals surface area (Å²) in [7, 11) is 0. The minimum absolute atomic E-state index is 0.000176. The molecule has 0 aromatic carbocycles. The van der Waals surface area contributed by atoms with Crippen LogP contribution in [0.15, 0.2) is 0 Å². The topological polar surface area (TPSA) is 57.6 Å². The lowest BCUT2D eigenvalue weighted by Gasteiger charge is -2.22. The van der Waals surface area contributed by atoms with Crippen LogP contribution in [0.4, 0.5) is 0 Å². The molecule has 0 aliphatic carbocycles. The number of hydrogen-bond donors (Lipinski definition) is 1. The molecule has 0 radical (unpaired) electrons. The molecule has 0 spiro atoms. The number of carbonyl (C=O) groups excluding carboxylic acids is 1. The van der Waals surface area contributed by atoms with Crippen molar-refractivity contribution in [3.05, 3.63) is 0 Å². The Morgan fingerprint density at radius 1 is 1.35 bits per heavy atom. The number of carbonyl (C=O) groups is 2. The quantitative estimate of drug-likeness (QED) is 0.845. The van der Waals surface area contributed by atoms with Crippen molar-refractivity contribution in [3.63, 3.8) is 0 Å². The first-order valence-electron chi connectivity index (χ1n) is 5.62. The van der Waals surface area contributed by atoms with Gasteiger partial charge >= 0.3 is 5.97 Å². The van der Waals surface area contributed by atoms with Crippen LogP contribution in [0, 0.1) is 0 Å². The van der Waals surface area contributed by atoms with Gasteiger partial charge in [-0.1, -0.05) is 13.8 Å². The maximum atomic E-state index is 11.8. The predicted molar refractivity (Wildman–Crippen MR) is 72.7 cm³/mol. The summed E-state index contributed by atoms with van der Waals surface area (Å²) in [5.41, 5.74) is 0. The lowest BCUT2D eigenvalue weighted by Crippen LogP contribution is -2.35. The summed E-state index contributed by atoms with van der Waals surface area (Å²) in [4.78, 5) is 24.1. The highest BCUT2D eigenvalue weighted by molar-refractivity contribution is 8.00. The van der Waals surface area contributed by atoms with E-state index in [2.05, 4.69) is 13.8 Å². The molecule has 0 saturated carbocycles. The van der Waals surface area contributed by atoms with Crippen molar-refractivity contribution in [2.75, 3.05) is 30.3 Å². The molecule has 0 unspecified atom stereocenters. The second kappa shape index (κ2) is 6.54. The third kappa shape index (κ3) is 5.68. The molecule has 1 aliphatic heterocycles. The number of thioether (sulfide) groups is 2. The molecule has 6 heteroatoms. The standard InChI is InChI=1S/C11H19NO3S2/c1-11(2)3-4-12(5-6-17-11)9(13)7-16-8-10(14)15/h3-8H2,1-2H3,(H,14,15).